The quantitative estimate of drug-likeness (QED) is 0.915. The van der Waals surface area contributed by atoms with Crippen molar-refractivity contribution in [2.75, 3.05) is 13.2 Å². The fraction of sp³-hybridized carbons (Fsp3) is 0.625. The molecule has 21 heavy (non-hydrogen) atoms. The molecule has 1 aromatic rings. The molecule has 1 atom stereocenters. The van der Waals surface area contributed by atoms with E-state index in [1.807, 2.05) is 19.9 Å². The molecular weight excluding hydrogens is 279 g/mol. The molecule has 1 saturated heterocycles. The van der Waals surface area contributed by atoms with Gasteiger partial charge >= 0.3 is 6.18 Å². The number of ether oxygens (including phenoxy) is 1. The van der Waals surface area contributed by atoms with Gasteiger partial charge in [-0.2, -0.15) is 13.2 Å². The number of alkyl halides is 3. The molecule has 1 heterocycles. The van der Waals surface area contributed by atoms with Crippen molar-refractivity contribution in [3.05, 3.63) is 35.4 Å². The summed E-state index contributed by atoms with van der Waals surface area (Å²) in [6.45, 7) is 5.27. The van der Waals surface area contributed by atoms with Gasteiger partial charge in [0.05, 0.1) is 17.7 Å². The zero-order valence-corrected chi connectivity index (χ0v) is 12.6. The van der Waals surface area contributed by atoms with Crippen LogP contribution >= 0.6 is 0 Å². The summed E-state index contributed by atoms with van der Waals surface area (Å²) in [6, 6.07) is 5.75. The minimum Gasteiger partial charge on any atom is -0.376 e. The van der Waals surface area contributed by atoms with Crippen LogP contribution in [0.3, 0.4) is 0 Å². The standard InChI is InChI=1S/C16H22F3NO/c1-14(2)11-15(6-8-20,7-9-21-14)12-4-3-5-13(10-12)16(17,18)19/h3-5,10H,6-9,11,20H2,1-2H3/p+1/t15-/m0/s1. The van der Waals surface area contributed by atoms with Gasteiger partial charge in [-0.15, -0.1) is 0 Å². The third-order valence-corrected chi connectivity index (χ3v) is 4.30. The van der Waals surface area contributed by atoms with Gasteiger partial charge in [0.2, 0.25) is 0 Å². The average Bonchev–Trinajstić information content (AvgIpc) is 2.37. The molecule has 2 rings (SSSR count). The van der Waals surface area contributed by atoms with E-state index in [0.29, 0.717) is 13.2 Å². The van der Waals surface area contributed by atoms with Crippen LogP contribution in [0.2, 0.25) is 0 Å². The first kappa shape index (κ1) is 16.3. The first-order valence-corrected chi connectivity index (χ1v) is 7.30. The van der Waals surface area contributed by atoms with Gasteiger partial charge < -0.3 is 10.5 Å². The van der Waals surface area contributed by atoms with Crippen molar-refractivity contribution in [2.24, 2.45) is 0 Å². The maximum absolute atomic E-state index is 13.0. The van der Waals surface area contributed by atoms with E-state index in [1.165, 1.54) is 12.1 Å². The number of halogens is 3. The highest BCUT2D eigenvalue weighted by Gasteiger charge is 2.43. The Kier molecular flexibility index (Phi) is 4.36. The van der Waals surface area contributed by atoms with Gasteiger partial charge in [-0.3, -0.25) is 0 Å². The van der Waals surface area contributed by atoms with E-state index in [4.69, 9.17) is 4.74 Å². The van der Waals surface area contributed by atoms with Crippen LogP contribution in [0.25, 0.3) is 0 Å². The molecule has 0 spiro atoms. The van der Waals surface area contributed by atoms with Crippen LogP contribution in [0.15, 0.2) is 24.3 Å². The molecule has 5 heteroatoms. The largest absolute Gasteiger partial charge is 0.416 e. The van der Waals surface area contributed by atoms with Crippen LogP contribution in [0.5, 0.6) is 0 Å². The molecule has 2 nitrogen and oxygen atoms in total. The second kappa shape index (κ2) is 5.61. The van der Waals surface area contributed by atoms with Gasteiger partial charge in [0.1, 0.15) is 0 Å². The van der Waals surface area contributed by atoms with E-state index in [9.17, 15) is 13.2 Å². The Morgan fingerprint density at radius 1 is 1.29 bits per heavy atom. The van der Waals surface area contributed by atoms with Crippen molar-refractivity contribution in [3.8, 4) is 0 Å². The van der Waals surface area contributed by atoms with Crippen LogP contribution in [0.1, 0.15) is 44.2 Å². The molecule has 0 saturated carbocycles. The highest BCUT2D eigenvalue weighted by atomic mass is 19.4. The smallest absolute Gasteiger partial charge is 0.376 e. The number of hydrogen-bond acceptors (Lipinski definition) is 1. The predicted molar refractivity (Wildman–Crippen MR) is 74.8 cm³/mol. The summed E-state index contributed by atoms with van der Waals surface area (Å²) >= 11 is 0. The number of quaternary nitrogens is 1. The summed E-state index contributed by atoms with van der Waals surface area (Å²) in [6.07, 6.45) is -2.06. The highest BCUT2D eigenvalue weighted by molar-refractivity contribution is 5.33. The molecule has 0 unspecified atom stereocenters. The van der Waals surface area contributed by atoms with Gasteiger partial charge in [0, 0.05) is 18.4 Å². The first-order valence-electron chi connectivity index (χ1n) is 7.30. The summed E-state index contributed by atoms with van der Waals surface area (Å²) in [7, 11) is 0. The Morgan fingerprint density at radius 3 is 2.57 bits per heavy atom. The van der Waals surface area contributed by atoms with Gasteiger partial charge in [0.25, 0.3) is 0 Å². The van der Waals surface area contributed by atoms with Crippen molar-refractivity contribution in [3.63, 3.8) is 0 Å². The highest BCUT2D eigenvalue weighted by Crippen LogP contribution is 2.44. The number of rotatable bonds is 3. The monoisotopic (exact) mass is 302 g/mol. The Bertz CT molecular complexity index is 495. The lowest BCUT2D eigenvalue weighted by atomic mass is 9.67. The lowest BCUT2D eigenvalue weighted by molar-refractivity contribution is -0.372. The normalized spacial score (nSPS) is 25.8. The van der Waals surface area contributed by atoms with Crippen molar-refractivity contribution >= 4 is 0 Å². The second-order valence-corrected chi connectivity index (χ2v) is 6.50. The number of hydrogen-bond donors (Lipinski definition) is 1. The predicted octanol–water partition coefficient (Wildman–Crippen LogP) is 3.16. The van der Waals surface area contributed by atoms with E-state index < -0.39 is 11.7 Å². The fourth-order valence-electron chi connectivity index (χ4n) is 3.44. The molecule has 1 aliphatic rings. The summed E-state index contributed by atoms with van der Waals surface area (Å²) < 4.78 is 44.6. The van der Waals surface area contributed by atoms with Crippen LogP contribution in [0, 0.1) is 0 Å². The van der Waals surface area contributed by atoms with E-state index >= 15 is 0 Å². The minimum atomic E-state index is -4.30. The lowest BCUT2D eigenvalue weighted by Gasteiger charge is -2.45. The third-order valence-electron chi connectivity index (χ3n) is 4.30. The zero-order chi connectivity index (χ0) is 15.7. The Balaban J connectivity index is 2.43. The molecule has 0 amide bonds. The van der Waals surface area contributed by atoms with Gasteiger partial charge in [-0.1, -0.05) is 18.2 Å². The average molecular weight is 302 g/mol. The molecule has 1 aliphatic heterocycles. The Morgan fingerprint density at radius 2 is 2.00 bits per heavy atom. The van der Waals surface area contributed by atoms with E-state index in [2.05, 4.69) is 5.73 Å². The van der Waals surface area contributed by atoms with Gasteiger partial charge in [0.15, 0.2) is 0 Å². The number of benzene rings is 1. The topological polar surface area (TPSA) is 36.9 Å². The van der Waals surface area contributed by atoms with Crippen LogP contribution < -0.4 is 5.73 Å². The molecule has 1 fully saturated rings. The van der Waals surface area contributed by atoms with Crippen molar-refractivity contribution in [2.45, 2.75) is 50.3 Å². The van der Waals surface area contributed by atoms with Crippen molar-refractivity contribution < 1.29 is 23.6 Å². The summed E-state index contributed by atoms with van der Waals surface area (Å²) in [5.74, 6) is 0. The summed E-state index contributed by atoms with van der Waals surface area (Å²) in [4.78, 5) is 0. The molecule has 0 radical (unpaired) electrons. The maximum atomic E-state index is 13.0. The third kappa shape index (κ3) is 3.58. The maximum Gasteiger partial charge on any atom is 0.416 e. The van der Waals surface area contributed by atoms with Crippen LogP contribution in [-0.2, 0) is 16.3 Å². The molecule has 0 aliphatic carbocycles. The second-order valence-electron chi connectivity index (χ2n) is 6.50. The molecular formula is C16H23F3NO+. The summed E-state index contributed by atoms with van der Waals surface area (Å²) in [5, 5.41) is 0. The van der Waals surface area contributed by atoms with Crippen molar-refractivity contribution in [1.29, 1.82) is 0 Å². The Hall–Kier alpha value is -1.07. The first-order chi connectivity index (χ1) is 9.69. The fourth-order valence-corrected chi connectivity index (χ4v) is 3.44. The lowest BCUT2D eigenvalue weighted by Crippen LogP contribution is -2.55. The Labute approximate surface area is 123 Å². The van der Waals surface area contributed by atoms with E-state index in [0.717, 1.165) is 30.9 Å². The molecule has 0 aromatic heterocycles. The molecule has 118 valence electrons. The van der Waals surface area contributed by atoms with Gasteiger partial charge in [-0.25, -0.2) is 0 Å². The molecule has 3 N–H and O–H groups in total. The van der Waals surface area contributed by atoms with Gasteiger partial charge in [-0.05, 0) is 38.3 Å². The van der Waals surface area contributed by atoms with Crippen LogP contribution in [-0.4, -0.2) is 18.8 Å². The summed E-state index contributed by atoms with van der Waals surface area (Å²) in [5.41, 5.74) is 3.50. The molecule has 1 aromatic carbocycles. The SMILES string of the molecule is CC1(C)C[C@@](CC[NH3+])(c2cccc(C(F)(F)F)c2)CCO1. The zero-order valence-electron chi connectivity index (χ0n) is 12.6. The van der Waals surface area contributed by atoms with E-state index in [-0.39, 0.29) is 11.0 Å². The van der Waals surface area contributed by atoms with Crippen molar-refractivity contribution in [1.82, 2.24) is 0 Å². The molecule has 0 bridgehead atoms. The minimum absolute atomic E-state index is 0.273. The van der Waals surface area contributed by atoms with Crippen LogP contribution in [0.4, 0.5) is 13.2 Å². The van der Waals surface area contributed by atoms with E-state index in [1.54, 1.807) is 0 Å².